The number of nitrogens with zero attached hydrogens (tertiary/aromatic N) is 4. The summed E-state index contributed by atoms with van der Waals surface area (Å²) in [7, 11) is 0. The molecule has 0 saturated heterocycles. The van der Waals surface area contributed by atoms with Gasteiger partial charge in [0, 0.05) is 47.5 Å². The standard InChI is InChI=1S/C24H16N6O9/c25-23-19(13-3-1-5-15(7-13)27(31)32)9-17(29(35)36)11-21(23)39-22-12-18(30(37)38)10-20(24(22)26)14-4-2-6-16(8-14)28(33)34/h1-12H,25-26H2. The van der Waals surface area contributed by atoms with Gasteiger partial charge in [-0.15, -0.1) is 0 Å². The number of benzene rings is 4. The van der Waals surface area contributed by atoms with Gasteiger partial charge in [0.2, 0.25) is 0 Å². The monoisotopic (exact) mass is 532 g/mol. The quantitative estimate of drug-likeness (QED) is 0.161. The number of ether oxygens (including phenoxy) is 1. The second kappa shape index (κ2) is 10.1. The SMILES string of the molecule is Nc1c(Oc2cc([N+](=O)[O-])cc(-c3cccc([N+](=O)[O-])c3)c2N)cc([N+](=O)[O-])cc1-c1cccc([N+](=O)[O-])c1. The van der Waals surface area contributed by atoms with E-state index in [4.69, 9.17) is 16.2 Å². The van der Waals surface area contributed by atoms with Crippen LogP contribution in [-0.4, -0.2) is 19.7 Å². The molecule has 4 N–H and O–H groups in total. The molecule has 0 unspecified atom stereocenters. The highest BCUT2D eigenvalue weighted by Gasteiger charge is 2.23. The molecule has 15 heteroatoms. The number of nitrogens with two attached hydrogens (primary N) is 2. The average molecular weight is 532 g/mol. The molecule has 0 aliphatic rings. The van der Waals surface area contributed by atoms with Crippen LogP contribution in [0.1, 0.15) is 0 Å². The molecule has 0 spiro atoms. The maximum absolute atomic E-state index is 11.6. The molecular formula is C24H16N6O9. The van der Waals surface area contributed by atoms with Crippen molar-refractivity contribution in [2.24, 2.45) is 0 Å². The van der Waals surface area contributed by atoms with Crippen LogP contribution in [0.5, 0.6) is 11.5 Å². The van der Waals surface area contributed by atoms with Gasteiger partial charge in [-0.25, -0.2) is 0 Å². The highest BCUT2D eigenvalue weighted by atomic mass is 16.6. The van der Waals surface area contributed by atoms with Gasteiger partial charge in [-0.3, -0.25) is 40.5 Å². The van der Waals surface area contributed by atoms with Crippen LogP contribution in [0.2, 0.25) is 0 Å². The van der Waals surface area contributed by atoms with Crippen LogP contribution in [0.3, 0.4) is 0 Å². The van der Waals surface area contributed by atoms with Gasteiger partial charge in [0.25, 0.3) is 22.7 Å². The summed E-state index contributed by atoms with van der Waals surface area (Å²) in [4.78, 5) is 43.0. The lowest BCUT2D eigenvalue weighted by molar-refractivity contribution is -0.385. The topological polar surface area (TPSA) is 234 Å². The molecule has 0 amide bonds. The zero-order valence-corrected chi connectivity index (χ0v) is 19.5. The number of non-ortho nitro benzene ring substituents is 4. The van der Waals surface area contributed by atoms with Gasteiger partial charge in [-0.1, -0.05) is 24.3 Å². The number of hydrogen-bond acceptors (Lipinski definition) is 11. The van der Waals surface area contributed by atoms with Crippen LogP contribution in [-0.2, 0) is 0 Å². The van der Waals surface area contributed by atoms with E-state index in [0.29, 0.717) is 0 Å². The minimum absolute atomic E-state index is 0.0332. The first-order valence-electron chi connectivity index (χ1n) is 10.8. The summed E-state index contributed by atoms with van der Waals surface area (Å²) in [5, 5.41) is 45.7. The van der Waals surface area contributed by atoms with Crippen molar-refractivity contribution < 1.29 is 24.4 Å². The van der Waals surface area contributed by atoms with Crippen molar-refractivity contribution >= 4 is 34.1 Å². The van der Waals surface area contributed by atoms with Crippen LogP contribution in [0.15, 0.2) is 72.8 Å². The van der Waals surface area contributed by atoms with E-state index in [1.807, 2.05) is 0 Å². The first kappa shape index (κ1) is 26.0. The molecule has 4 aromatic carbocycles. The predicted molar refractivity (Wildman–Crippen MR) is 139 cm³/mol. The Bertz CT molecular complexity index is 1570. The van der Waals surface area contributed by atoms with Gasteiger partial charge in [-0.2, -0.15) is 0 Å². The highest BCUT2D eigenvalue weighted by molar-refractivity contribution is 5.86. The van der Waals surface area contributed by atoms with Gasteiger partial charge in [-0.05, 0) is 11.1 Å². The molecule has 4 aromatic rings. The van der Waals surface area contributed by atoms with E-state index in [1.165, 1.54) is 48.5 Å². The number of nitro groups is 4. The van der Waals surface area contributed by atoms with E-state index in [1.54, 1.807) is 0 Å². The molecule has 15 nitrogen and oxygen atoms in total. The van der Waals surface area contributed by atoms with Gasteiger partial charge < -0.3 is 16.2 Å². The summed E-state index contributed by atoms with van der Waals surface area (Å²) in [5.41, 5.74) is 11.0. The zero-order chi connectivity index (χ0) is 28.4. The van der Waals surface area contributed by atoms with Crippen molar-refractivity contribution in [2.45, 2.75) is 0 Å². The molecule has 0 aliphatic heterocycles. The number of anilines is 2. The largest absolute Gasteiger partial charge is 0.452 e. The van der Waals surface area contributed by atoms with Crippen LogP contribution in [0.4, 0.5) is 34.1 Å². The Labute approximate surface area is 217 Å². The lowest BCUT2D eigenvalue weighted by atomic mass is 10.0. The van der Waals surface area contributed by atoms with Crippen LogP contribution < -0.4 is 16.2 Å². The van der Waals surface area contributed by atoms with Crippen molar-refractivity contribution in [1.82, 2.24) is 0 Å². The summed E-state index contributed by atoms with van der Waals surface area (Å²) in [5.74, 6) is -0.606. The fraction of sp³-hybridized carbons (Fsp3) is 0. The molecule has 0 aromatic heterocycles. The van der Waals surface area contributed by atoms with Crippen molar-refractivity contribution in [3.05, 3.63) is 113 Å². The predicted octanol–water partition coefficient (Wildman–Crippen LogP) is 5.61. The summed E-state index contributed by atoms with van der Waals surface area (Å²) >= 11 is 0. The maximum Gasteiger partial charge on any atom is 0.273 e. The van der Waals surface area contributed by atoms with Gasteiger partial charge >= 0.3 is 0 Å². The molecule has 196 valence electrons. The average Bonchev–Trinajstić information content (AvgIpc) is 2.90. The van der Waals surface area contributed by atoms with Crippen LogP contribution >= 0.6 is 0 Å². The molecule has 39 heavy (non-hydrogen) atoms. The molecular weight excluding hydrogens is 516 g/mol. The second-order valence-electron chi connectivity index (χ2n) is 8.04. The van der Waals surface area contributed by atoms with Crippen LogP contribution in [0, 0.1) is 40.5 Å². The Hall–Kier alpha value is -6.12. The minimum Gasteiger partial charge on any atom is -0.452 e. The third-order valence-corrected chi connectivity index (χ3v) is 5.63. The Morgan fingerprint density at radius 3 is 1.21 bits per heavy atom. The van der Waals surface area contributed by atoms with Crippen molar-refractivity contribution in [2.75, 3.05) is 11.5 Å². The third-order valence-electron chi connectivity index (χ3n) is 5.63. The fourth-order valence-corrected chi connectivity index (χ4v) is 3.77. The van der Waals surface area contributed by atoms with Gasteiger partial charge in [0.15, 0.2) is 11.5 Å². The van der Waals surface area contributed by atoms with E-state index in [-0.39, 0.29) is 56.5 Å². The van der Waals surface area contributed by atoms with Gasteiger partial charge in [0.05, 0.1) is 43.2 Å². The van der Waals surface area contributed by atoms with Crippen molar-refractivity contribution in [3.8, 4) is 33.8 Å². The summed E-state index contributed by atoms with van der Waals surface area (Å²) in [6.45, 7) is 0. The highest BCUT2D eigenvalue weighted by Crippen LogP contribution is 2.44. The van der Waals surface area contributed by atoms with E-state index in [0.717, 1.165) is 24.3 Å². The van der Waals surface area contributed by atoms with Gasteiger partial charge in [0.1, 0.15) is 0 Å². The third kappa shape index (κ3) is 5.21. The van der Waals surface area contributed by atoms with E-state index >= 15 is 0 Å². The lowest BCUT2D eigenvalue weighted by Gasteiger charge is -2.16. The van der Waals surface area contributed by atoms with E-state index in [9.17, 15) is 40.5 Å². The Morgan fingerprint density at radius 1 is 0.513 bits per heavy atom. The number of hydrogen-bond donors (Lipinski definition) is 2. The van der Waals surface area contributed by atoms with E-state index in [2.05, 4.69) is 0 Å². The molecule has 0 atom stereocenters. The molecule has 0 bridgehead atoms. The maximum atomic E-state index is 11.6. The normalized spacial score (nSPS) is 10.6. The summed E-state index contributed by atoms with van der Waals surface area (Å²) < 4.78 is 5.77. The lowest BCUT2D eigenvalue weighted by Crippen LogP contribution is -2.02. The number of nitrogen functional groups attached to an aromatic ring is 2. The molecule has 0 fully saturated rings. The Balaban J connectivity index is 1.90. The van der Waals surface area contributed by atoms with E-state index < -0.39 is 31.1 Å². The number of rotatable bonds is 8. The summed E-state index contributed by atoms with van der Waals surface area (Å²) in [6, 6.07) is 14.6. The first-order chi connectivity index (χ1) is 18.5. The molecule has 0 radical (unpaired) electrons. The molecule has 0 aliphatic carbocycles. The van der Waals surface area contributed by atoms with Crippen molar-refractivity contribution in [1.29, 1.82) is 0 Å². The first-order valence-corrected chi connectivity index (χ1v) is 10.8. The smallest absolute Gasteiger partial charge is 0.273 e. The minimum atomic E-state index is -0.738. The fourth-order valence-electron chi connectivity index (χ4n) is 3.77. The molecule has 0 heterocycles. The van der Waals surface area contributed by atoms with Crippen molar-refractivity contribution in [3.63, 3.8) is 0 Å². The summed E-state index contributed by atoms with van der Waals surface area (Å²) in [6.07, 6.45) is 0. The Kier molecular flexibility index (Phi) is 6.72. The molecule has 4 rings (SSSR count). The second-order valence-corrected chi connectivity index (χ2v) is 8.04. The van der Waals surface area contributed by atoms with Crippen LogP contribution in [0.25, 0.3) is 22.3 Å². The number of nitro benzene ring substituents is 4. The molecule has 0 saturated carbocycles. The zero-order valence-electron chi connectivity index (χ0n) is 19.5. The Morgan fingerprint density at radius 2 is 0.872 bits per heavy atom.